The van der Waals surface area contributed by atoms with Crippen LogP contribution in [-0.2, 0) is 6.42 Å². The van der Waals surface area contributed by atoms with Gasteiger partial charge in [-0.2, -0.15) is 5.26 Å². The summed E-state index contributed by atoms with van der Waals surface area (Å²) >= 11 is 0. The van der Waals surface area contributed by atoms with E-state index in [4.69, 9.17) is 5.73 Å². The highest BCUT2D eigenvalue weighted by Gasteiger charge is 2.38. The van der Waals surface area contributed by atoms with Crippen LogP contribution in [-0.4, -0.2) is 0 Å². The minimum atomic E-state index is -0.406. The maximum absolute atomic E-state index is 9.44. The molecule has 0 saturated heterocycles. The minimum Gasteiger partial charge on any atom is -0.398 e. The second kappa shape index (κ2) is 4.41. The van der Waals surface area contributed by atoms with Crippen molar-refractivity contribution in [2.45, 2.75) is 41.0 Å². The van der Waals surface area contributed by atoms with Gasteiger partial charge in [-0.05, 0) is 42.9 Å². The van der Waals surface area contributed by atoms with Crippen LogP contribution in [0, 0.1) is 29.1 Å². The van der Waals surface area contributed by atoms with E-state index in [-0.39, 0.29) is 5.41 Å². The average molecular weight is 230 g/mol. The summed E-state index contributed by atoms with van der Waals surface area (Å²) in [5.74, 6) is 0. The summed E-state index contributed by atoms with van der Waals surface area (Å²) in [6, 6.07) is 8.50. The molecule has 0 radical (unpaired) electrons. The number of nitriles is 1. The molecule has 1 atom stereocenters. The van der Waals surface area contributed by atoms with Crippen LogP contribution >= 0.6 is 0 Å². The highest BCUT2D eigenvalue weighted by Crippen LogP contribution is 2.41. The molecular weight excluding hydrogens is 208 g/mol. The maximum Gasteiger partial charge on any atom is 0.0695 e. The Morgan fingerprint density at radius 1 is 1.24 bits per heavy atom. The van der Waals surface area contributed by atoms with Crippen LogP contribution in [0.1, 0.15) is 38.8 Å². The lowest BCUT2D eigenvalue weighted by Crippen LogP contribution is -2.33. The zero-order chi connectivity index (χ0) is 13.3. The van der Waals surface area contributed by atoms with Crippen molar-refractivity contribution in [3.63, 3.8) is 0 Å². The highest BCUT2D eigenvalue weighted by molar-refractivity contribution is 5.49. The topological polar surface area (TPSA) is 49.8 Å². The Hall–Kier alpha value is -1.49. The number of anilines is 1. The van der Waals surface area contributed by atoms with E-state index < -0.39 is 5.41 Å². The molecule has 0 bridgehead atoms. The summed E-state index contributed by atoms with van der Waals surface area (Å²) in [7, 11) is 0. The zero-order valence-electron chi connectivity index (χ0n) is 11.5. The SMILES string of the molecule is Cc1ccc(CC(C)(C#N)C(C)(C)C)c(N)c1. The first-order chi connectivity index (χ1) is 7.69. The van der Waals surface area contributed by atoms with Gasteiger partial charge in [0.15, 0.2) is 0 Å². The summed E-state index contributed by atoms with van der Waals surface area (Å²) < 4.78 is 0. The molecule has 0 spiro atoms. The Labute approximate surface area is 104 Å². The van der Waals surface area contributed by atoms with Crippen molar-refractivity contribution < 1.29 is 0 Å². The fraction of sp³-hybridized carbons (Fsp3) is 0.533. The molecule has 1 aromatic rings. The first-order valence-electron chi connectivity index (χ1n) is 5.96. The molecule has 2 nitrogen and oxygen atoms in total. The van der Waals surface area contributed by atoms with E-state index in [0.29, 0.717) is 6.42 Å². The maximum atomic E-state index is 9.44. The normalized spacial score (nSPS) is 15.1. The number of hydrogen-bond donors (Lipinski definition) is 1. The van der Waals surface area contributed by atoms with Gasteiger partial charge in [0.05, 0.1) is 11.5 Å². The number of aryl methyl sites for hydroxylation is 1. The predicted octanol–water partition coefficient (Wildman–Crippen LogP) is 3.70. The second-order valence-electron chi connectivity index (χ2n) is 6.07. The molecule has 92 valence electrons. The van der Waals surface area contributed by atoms with Crippen molar-refractivity contribution in [3.8, 4) is 6.07 Å². The number of nitrogen functional groups attached to an aromatic ring is 1. The second-order valence-corrected chi connectivity index (χ2v) is 6.07. The Morgan fingerprint density at radius 2 is 1.82 bits per heavy atom. The van der Waals surface area contributed by atoms with Crippen molar-refractivity contribution in [2.24, 2.45) is 10.8 Å². The van der Waals surface area contributed by atoms with E-state index in [9.17, 15) is 5.26 Å². The van der Waals surface area contributed by atoms with E-state index >= 15 is 0 Å². The molecule has 0 aliphatic heterocycles. The smallest absolute Gasteiger partial charge is 0.0695 e. The number of rotatable bonds is 2. The molecule has 0 saturated carbocycles. The van der Waals surface area contributed by atoms with Crippen molar-refractivity contribution in [2.75, 3.05) is 5.73 Å². The van der Waals surface area contributed by atoms with E-state index in [1.165, 1.54) is 0 Å². The van der Waals surface area contributed by atoms with Gasteiger partial charge in [0.25, 0.3) is 0 Å². The Bertz CT molecular complexity index is 449. The quantitative estimate of drug-likeness (QED) is 0.788. The minimum absolute atomic E-state index is 0.0704. The summed E-state index contributed by atoms with van der Waals surface area (Å²) in [5.41, 5.74) is 8.55. The molecule has 1 aromatic carbocycles. The van der Waals surface area contributed by atoms with Crippen LogP contribution in [0.15, 0.2) is 18.2 Å². The number of benzene rings is 1. The predicted molar refractivity (Wildman–Crippen MR) is 72.5 cm³/mol. The zero-order valence-corrected chi connectivity index (χ0v) is 11.5. The fourth-order valence-corrected chi connectivity index (χ4v) is 1.73. The Morgan fingerprint density at radius 3 is 2.24 bits per heavy atom. The third kappa shape index (κ3) is 2.79. The molecule has 0 fully saturated rings. The molecule has 2 N–H and O–H groups in total. The van der Waals surface area contributed by atoms with Crippen molar-refractivity contribution in [3.05, 3.63) is 29.3 Å². The monoisotopic (exact) mass is 230 g/mol. The third-order valence-corrected chi connectivity index (χ3v) is 3.75. The van der Waals surface area contributed by atoms with Gasteiger partial charge >= 0.3 is 0 Å². The summed E-state index contributed by atoms with van der Waals surface area (Å²) in [5, 5.41) is 9.44. The van der Waals surface area contributed by atoms with Crippen LogP contribution in [0.5, 0.6) is 0 Å². The summed E-state index contributed by atoms with van der Waals surface area (Å²) in [6.07, 6.45) is 0.694. The average Bonchev–Trinajstić information content (AvgIpc) is 2.20. The lowest BCUT2D eigenvalue weighted by atomic mass is 9.65. The van der Waals surface area contributed by atoms with Crippen molar-refractivity contribution >= 4 is 5.69 Å². The molecule has 0 heterocycles. The van der Waals surface area contributed by atoms with E-state index in [1.807, 2.05) is 32.0 Å². The van der Waals surface area contributed by atoms with Gasteiger partial charge in [0, 0.05) is 5.69 Å². The lowest BCUT2D eigenvalue weighted by molar-refractivity contribution is 0.177. The molecule has 17 heavy (non-hydrogen) atoms. The van der Waals surface area contributed by atoms with Crippen LogP contribution in [0.4, 0.5) is 5.69 Å². The number of nitrogens with two attached hydrogens (primary N) is 1. The molecule has 1 rings (SSSR count). The summed E-state index contributed by atoms with van der Waals surface area (Å²) in [4.78, 5) is 0. The van der Waals surface area contributed by atoms with Gasteiger partial charge < -0.3 is 5.73 Å². The molecule has 2 heteroatoms. The van der Waals surface area contributed by atoms with E-state index in [1.54, 1.807) is 0 Å². The van der Waals surface area contributed by atoms with E-state index in [2.05, 4.69) is 26.8 Å². The van der Waals surface area contributed by atoms with E-state index in [0.717, 1.165) is 16.8 Å². The van der Waals surface area contributed by atoms with Gasteiger partial charge in [-0.3, -0.25) is 0 Å². The molecule has 1 unspecified atom stereocenters. The highest BCUT2D eigenvalue weighted by atomic mass is 14.6. The standard InChI is InChI=1S/C15H22N2/c1-11-6-7-12(13(17)8-11)9-15(5,10-16)14(2,3)4/h6-8H,9,17H2,1-5H3. The van der Waals surface area contributed by atoms with Crippen LogP contribution in [0.3, 0.4) is 0 Å². The fourth-order valence-electron chi connectivity index (χ4n) is 1.73. The first kappa shape index (κ1) is 13.6. The largest absolute Gasteiger partial charge is 0.398 e. The van der Waals surface area contributed by atoms with Crippen LogP contribution in [0.2, 0.25) is 0 Å². The molecular formula is C15H22N2. The van der Waals surface area contributed by atoms with Crippen LogP contribution < -0.4 is 5.73 Å². The lowest BCUT2D eigenvalue weighted by Gasteiger charge is -2.36. The van der Waals surface area contributed by atoms with Gasteiger partial charge in [0.1, 0.15) is 0 Å². The third-order valence-electron chi connectivity index (χ3n) is 3.75. The van der Waals surface area contributed by atoms with Crippen molar-refractivity contribution in [1.82, 2.24) is 0 Å². The summed E-state index contributed by atoms with van der Waals surface area (Å²) in [6.45, 7) is 10.3. The van der Waals surface area contributed by atoms with Gasteiger partial charge in [0.2, 0.25) is 0 Å². The molecule has 0 aliphatic carbocycles. The molecule has 0 aromatic heterocycles. The van der Waals surface area contributed by atoms with Crippen molar-refractivity contribution in [1.29, 1.82) is 5.26 Å². The molecule has 0 aliphatic rings. The first-order valence-corrected chi connectivity index (χ1v) is 5.96. The van der Waals surface area contributed by atoms with Gasteiger partial charge in [-0.1, -0.05) is 32.9 Å². The Balaban J connectivity index is 3.09. The Kier molecular flexibility index (Phi) is 3.52. The van der Waals surface area contributed by atoms with Gasteiger partial charge in [-0.15, -0.1) is 0 Å². The van der Waals surface area contributed by atoms with Crippen LogP contribution in [0.25, 0.3) is 0 Å². The number of hydrogen-bond acceptors (Lipinski definition) is 2. The number of nitrogens with zero attached hydrogens (tertiary/aromatic N) is 1. The molecule has 0 amide bonds. The van der Waals surface area contributed by atoms with Gasteiger partial charge in [-0.25, -0.2) is 0 Å².